The number of aromatic nitrogens is 3. The SMILES string of the molecule is Br.[Pt].c1ccc(-c2cccnc2-c2ccccn2)nc1. The van der Waals surface area contributed by atoms with E-state index in [1.807, 2.05) is 48.5 Å². The summed E-state index contributed by atoms with van der Waals surface area (Å²) < 4.78 is 0. The van der Waals surface area contributed by atoms with Gasteiger partial charge >= 0.3 is 0 Å². The molecule has 0 spiro atoms. The van der Waals surface area contributed by atoms with E-state index in [1.54, 1.807) is 18.6 Å². The Morgan fingerprint density at radius 3 is 1.80 bits per heavy atom. The summed E-state index contributed by atoms with van der Waals surface area (Å²) >= 11 is 0. The van der Waals surface area contributed by atoms with Crippen LogP contribution in [0.25, 0.3) is 22.6 Å². The minimum absolute atomic E-state index is 0. The third-order valence-electron chi connectivity index (χ3n) is 2.66. The summed E-state index contributed by atoms with van der Waals surface area (Å²) in [5, 5.41) is 0. The molecule has 0 bridgehead atoms. The average Bonchev–Trinajstić information content (AvgIpc) is 2.49. The van der Waals surface area contributed by atoms with Gasteiger partial charge in [-0.3, -0.25) is 15.0 Å². The van der Waals surface area contributed by atoms with Crippen LogP contribution in [0.2, 0.25) is 0 Å². The molecule has 3 rings (SSSR count). The normalized spacial score (nSPS) is 9.20. The van der Waals surface area contributed by atoms with Crippen molar-refractivity contribution < 1.29 is 21.1 Å². The number of rotatable bonds is 2. The zero-order chi connectivity index (χ0) is 12.2. The van der Waals surface area contributed by atoms with Gasteiger partial charge in [-0.1, -0.05) is 12.1 Å². The van der Waals surface area contributed by atoms with E-state index in [1.165, 1.54) is 0 Å². The molecule has 0 N–H and O–H groups in total. The van der Waals surface area contributed by atoms with Gasteiger partial charge in [-0.2, -0.15) is 0 Å². The molecule has 0 aliphatic carbocycles. The Balaban J connectivity index is 0.000001000. The number of halogens is 1. The van der Waals surface area contributed by atoms with Crippen LogP contribution in [0.1, 0.15) is 0 Å². The number of hydrogen-bond acceptors (Lipinski definition) is 3. The predicted octanol–water partition coefficient (Wildman–Crippen LogP) is 3.78. The molecule has 0 saturated carbocycles. The molecule has 3 aromatic heterocycles. The fourth-order valence-corrected chi connectivity index (χ4v) is 1.84. The van der Waals surface area contributed by atoms with Crippen molar-refractivity contribution in [1.29, 1.82) is 0 Å². The van der Waals surface area contributed by atoms with E-state index >= 15 is 0 Å². The van der Waals surface area contributed by atoms with Gasteiger partial charge < -0.3 is 0 Å². The second-order valence-electron chi connectivity index (χ2n) is 3.83. The molecule has 0 fully saturated rings. The minimum atomic E-state index is 0. The van der Waals surface area contributed by atoms with E-state index in [0.29, 0.717) is 0 Å². The zero-order valence-electron chi connectivity index (χ0n) is 10.4. The fourth-order valence-electron chi connectivity index (χ4n) is 1.84. The summed E-state index contributed by atoms with van der Waals surface area (Å²) in [6.45, 7) is 0. The fraction of sp³-hybridized carbons (Fsp3) is 0. The minimum Gasteiger partial charge on any atom is -0.256 e. The van der Waals surface area contributed by atoms with Crippen molar-refractivity contribution in [2.45, 2.75) is 0 Å². The molecule has 0 saturated heterocycles. The monoisotopic (exact) mass is 508 g/mol. The Morgan fingerprint density at radius 1 is 0.600 bits per heavy atom. The van der Waals surface area contributed by atoms with Crippen molar-refractivity contribution in [3.8, 4) is 22.6 Å². The molecule has 0 aliphatic rings. The topological polar surface area (TPSA) is 38.7 Å². The van der Waals surface area contributed by atoms with Crippen LogP contribution in [0.4, 0.5) is 0 Å². The van der Waals surface area contributed by atoms with Crippen LogP contribution in [-0.2, 0) is 21.1 Å². The van der Waals surface area contributed by atoms with Crippen molar-refractivity contribution in [2.24, 2.45) is 0 Å². The first-order valence-corrected chi connectivity index (χ1v) is 5.73. The van der Waals surface area contributed by atoms with Crippen LogP contribution in [0.3, 0.4) is 0 Å². The van der Waals surface area contributed by atoms with Crippen LogP contribution in [0, 0.1) is 0 Å². The van der Waals surface area contributed by atoms with Gasteiger partial charge in [-0.15, -0.1) is 17.0 Å². The Hall–Kier alpha value is -1.38. The maximum Gasteiger partial charge on any atom is 0.0980 e. The standard InChI is InChI=1S/C15H11N3.BrH.Pt/c1-3-9-16-13(7-1)12-6-5-11-18-15(12)14-8-2-4-10-17-14;;/h1-11H;1H;. The average molecular weight is 509 g/mol. The van der Waals surface area contributed by atoms with Crippen LogP contribution >= 0.6 is 17.0 Å². The summed E-state index contributed by atoms with van der Waals surface area (Å²) in [6, 6.07) is 15.6. The predicted molar refractivity (Wildman–Crippen MR) is 81.0 cm³/mol. The Kier molecular flexibility index (Phi) is 6.69. The van der Waals surface area contributed by atoms with E-state index in [4.69, 9.17) is 0 Å². The van der Waals surface area contributed by atoms with Crippen molar-refractivity contribution in [3.05, 3.63) is 67.1 Å². The molecule has 0 amide bonds. The van der Waals surface area contributed by atoms with Crippen molar-refractivity contribution in [3.63, 3.8) is 0 Å². The Bertz CT molecular complexity index is 589. The maximum absolute atomic E-state index is 4.42. The molecule has 3 aromatic rings. The van der Waals surface area contributed by atoms with Crippen molar-refractivity contribution >= 4 is 17.0 Å². The van der Waals surface area contributed by atoms with E-state index in [2.05, 4.69) is 15.0 Å². The van der Waals surface area contributed by atoms with Gasteiger partial charge in [0, 0.05) is 45.2 Å². The third kappa shape index (κ3) is 3.59. The Morgan fingerprint density at radius 2 is 1.20 bits per heavy atom. The third-order valence-corrected chi connectivity index (χ3v) is 2.66. The molecule has 3 heterocycles. The van der Waals surface area contributed by atoms with Crippen molar-refractivity contribution in [1.82, 2.24) is 15.0 Å². The second kappa shape index (κ2) is 8.03. The maximum atomic E-state index is 4.42. The van der Waals surface area contributed by atoms with Crippen LogP contribution in [-0.4, -0.2) is 15.0 Å². The van der Waals surface area contributed by atoms with Gasteiger partial charge in [0.05, 0.1) is 17.1 Å². The molecule has 5 heteroatoms. The first-order chi connectivity index (χ1) is 8.95. The van der Waals surface area contributed by atoms with Gasteiger partial charge in [0.2, 0.25) is 0 Å². The van der Waals surface area contributed by atoms with E-state index < -0.39 is 0 Å². The molecule has 104 valence electrons. The second-order valence-corrected chi connectivity index (χ2v) is 3.83. The van der Waals surface area contributed by atoms with Gasteiger partial charge in [-0.25, -0.2) is 0 Å². The van der Waals surface area contributed by atoms with Crippen LogP contribution in [0.15, 0.2) is 67.1 Å². The van der Waals surface area contributed by atoms with Crippen molar-refractivity contribution in [2.75, 3.05) is 0 Å². The molecular formula is C15H12BrN3Pt. The summed E-state index contributed by atoms with van der Waals surface area (Å²) in [5.41, 5.74) is 3.62. The van der Waals surface area contributed by atoms with Gasteiger partial charge in [0.15, 0.2) is 0 Å². The molecule has 0 aliphatic heterocycles. The van der Waals surface area contributed by atoms with Crippen LogP contribution in [0.5, 0.6) is 0 Å². The molecule has 0 atom stereocenters. The van der Waals surface area contributed by atoms with Gasteiger partial charge in [-0.05, 0) is 36.4 Å². The summed E-state index contributed by atoms with van der Waals surface area (Å²) in [5.74, 6) is 0. The molecule has 20 heavy (non-hydrogen) atoms. The first kappa shape index (κ1) is 16.7. The molecule has 0 radical (unpaired) electrons. The summed E-state index contributed by atoms with van der Waals surface area (Å²) in [4.78, 5) is 13.1. The van der Waals surface area contributed by atoms with E-state index in [-0.39, 0.29) is 38.0 Å². The molecular weight excluding hydrogens is 497 g/mol. The van der Waals surface area contributed by atoms with E-state index in [0.717, 1.165) is 22.6 Å². The number of nitrogens with zero attached hydrogens (tertiary/aromatic N) is 3. The largest absolute Gasteiger partial charge is 0.256 e. The first-order valence-electron chi connectivity index (χ1n) is 5.73. The quantitative estimate of drug-likeness (QED) is 0.528. The number of pyridine rings is 3. The van der Waals surface area contributed by atoms with E-state index in [9.17, 15) is 0 Å². The van der Waals surface area contributed by atoms with Crippen LogP contribution < -0.4 is 0 Å². The van der Waals surface area contributed by atoms with Gasteiger partial charge in [0.25, 0.3) is 0 Å². The summed E-state index contributed by atoms with van der Waals surface area (Å²) in [6.07, 6.45) is 5.33. The molecule has 0 unspecified atom stereocenters. The number of hydrogen-bond donors (Lipinski definition) is 0. The zero-order valence-corrected chi connectivity index (χ0v) is 14.4. The van der Waals surface area contributed by atoms with Gasteiger partial charge in [0.1, 0.15) is 0 Å². The summed E-state index contributed by atoms with van der Waals surface area (Å²) in [7, 11) is 0. The Labute approximate surface area is 142 Å². The molecule has 0 aromatic carbocycles. The molecule has 3 nitrogen and oxygen atoms in total. The smallest absolute Gasteiger partial charge is 0.0980 e.